The van der Waals surface area contributed by atoms with Crippen molar-refractivity contribution in [2.45, 2.75) is 25.4 Å². The molecule has 1 aromatic heterocycles. The highest BCUT2D eigenvalue weighted by atomic mass is 35.5. The number of guanidine groups is 1. The summed E-state index contributed by atoms with van der Waals surface area (Å²) in [7, 11) is 3.74. The standard InChI is InChI=1S/C20H28ClN5O/c1-20(2,16-6-5-7-17(21)10-16)14-23-19(22-3)26-8-9-27-18(13-26)15-11-24-25(4)12-15/h5-7,10-12,18H,8-9,13-14H2,1-4H3,(H,22,23). The lowest BCUT2D eigenvalue weighted by Crippen LogP contribution is -2.50. The number of nitrogens with zero attached hydrogens (tertiary/aromatic N) is 4. The summed E-state index contributed by atoms with van der Waals surface area (Å²) in [5, 5.41) is 8.55. The van der Waals surface area contributed by atoms with Gasteiger partial charge < -0.3 is 15.0 Å². The Morgan fingerprint density at radius 2 is 2.26 bits per heavy atom. The smallest absolute Gasteiger partial charge is 0.193 e. The van der Waals surface area contributed by atoms with E-state index >= 15 is 0 Å². The van der Waals surface area contributed by atoms with E-state index in [0.29, 0.717) is 6.61 Å². The largest absolute Gasteiger partial charge is 0.370 e. The summed E-state index contributed by atoms with van der Waals surface area (Å²) < 4.78 is 7.74. The molecule has 27 heavy (non-hydrogen) atoms. The Morgan fingerprint density at radius 3 is 2.93 bits per heavy atom. The normalized spacial score (nSPS) is 18.6. The molecule has 146 valence electrons. The number of hydrogen-bond acceptors (Lipinski definition) is 3. The first-order valence-corrected chi connectivity index (χ1v) is 9.58. The molecule has 1 aromatic carbocycles. The first-order chi connectivity index (χ1) is 12.9. The van der Waals surface area contributed by atoms with E-state index in [9.17, 15) is 0 Å². The quantitative estimate of drug-likeness (QED) is 0.645. The summed E-state index contributed by atoms with van der Waals surface area (Å²) >= 11 is 6.17. The van der Waals surface area contributed by atoms with Gasteiger partial charge in [0.2, 0.25) is 0 Å². The van der Waals surface area contributed by atoms with E-state index in [1.807, 2.05) is 44.7 Å². The third-order valence-corrected chi connectivity index (χ3v) is 5.20. The molecule has 1 fully saturated rings. The van der Waals surface area contributed by atoms with Gasteiger partial charge in [-0.25, -0.2) is 0 Å². The lowest BCUT2D eigenvalue weighted by molar-refractivity contribution is -0.00808. The maximum atomic E-state index is 6.17. The molecule has 1 atom stereocenters. The molecule has 1 aliphatic heterocycles. The first-order valence-electron chi connectivity index (χ1n) is 9.21. The van der Waals surface area contributed by atoms with Crippen LogP contribution in [0.5, 0.6) is 0 Å². The topological polar surface area (TPSA) is 54.7 Å². The molecule has 6 nitrogen and oxygen atoms in total. The third-order valence-electron chi connectivity index (χ3n) is 4.97. The maximum absolute atomic E-state index is 6.17. The second kappa shape index (κ2) is 8.31. The van der Waals surface area contributed by atoms with Gasteiger partial charge in [-0.05, 0) is 17.7 Å². The predicted octanol–water partition coefficient (Wildman–Crippen LogP) is 3.00. The highest BCUT2D eigenvalue weighted by molar-refractivity contribution is 6.30. The Bertz CT molecular complexity index is 801. The van der Waals surface area contributed by atoms with Crippen LogP contribution in [0.3, 0.4) is 0 Å². The molecule has 0 aliphatic carbocycles. The van der Waals surface area contributed by atoms with Crippen LogP contribution in [0.25, 0.3) is 0 Å². The van der Waals surface area contributed by atoms with Crippen molar-refractivity contribution in [2.75, 3.05) is 33.3 Å². The molecule has 1 aliphatic rings. The fourth-order valence-electron chi connectivity index (χ4n) is 3.29. The van der Waals surface area contributed by atoms with Crippen LogP contribution in [0.2, 0.25) is 5.02 Å². The fraction of sp³-hybridized carbons (Fsp3) is 0.500. The number of ether oxygens (including phenoxy) is 1. The molecule has 2 aromatic rings. The van der Waals surface area contributed by atoms with Gasteiger partial charge in [-0.3, -0.25) is 9.67 Å². The van der Waals surface area contributed by atoms with Crippen molar-refractivity contribution in [3.8, 4) is 0 Å². The highest BCUT2D eigenvalue weighted by Gasteiger charge is 2.27. The predicted molar refractivity (Wildman–Crippen MR) is 109 cm³/mol. The molecule has 2 heterocycles. The fourth-order valence-corrected chi connectivity index (χ4v) is 3.48. The van der Waals surface area contributed by atoms with Crippen molar-refractivity contribution in [1.29, 1.82) is 0 Å². The van der Waals surface area contributed by atoms with Gasteiger partial charge in [0.25, 0.3) is 0 Å². The Hall–Kier alpha value is -2.05. The lowest BCUT2D eigenvalue weighted by atomic mass is 9.84. The third kappa shape index (κ3) is 4.82. The van der Waals surface area contributed by atoms with Crippen LogP contribution in [-0.4, -0.2) is 53.9 Å². The molecule has 0 spiro atoms. The molecular formula is C20H28ClN5O. The van der Waals surface area contributed by atoms with Crippen LogP contribution in [0.4, 0.5) is 0 Å². The molecule has 1 saturated heterocycles. The zero-order valence-electron chi connectivity index (χ0n) is 16.4. The Balaban J connectivity index is 1.64. The monoisotopic (exact) mass is 389 g/mol. The minimum absolute atomic E-state index is 0.00643. The van der Waals surface area contributed by atoms with Gasteiger partial charge >= 0.3 is 0 Å². The van der Waals surface area contributed by atoms with Crippen molar-refractivity contribution in [1.82, 2.24) is 20.0 Å². The van der Waals surface area contributed by atoms with Gasteiger partial charge in [-0.2, -0.15) is 5.10 Å². The molecule has 0 amide bonds. The Kier molecular flexibility index (Phi) is 6.07. The van der Waals surface area contributed by atoms with Gasteiger partial charge in [0, 0.05) is 49.4 Å². The van der Waals surface area contributed by atoms with Crippen molar-refractivity contribution in [2.24, 2.45) is 12.0 Å². The van der Waals surface area contributed by atoms with Gasteiger partial charge in [-0.15, -0.1) is 0 Å². The molecule has 0 saturated carbocycles. The number of aromatic nitrogens is 2. The molecule has 3 rings (SSSR count). The average molecular weight is 390 g/mol. The van der Waals surface area contributed by atoms with Crippen molar-refractivity contribution in [3.05, 3.63) is 52.8 Å². The van der Waals surface area contributed by atoms with Crippen molar-refractivity contribution >= 4 is 17.6 Å². The number of halogens is 1. The molecule has 0 bridgehead atoms. The molecular weight excluding hydrogens is 362 g/mol. The van der Waals surface area contributed by atoms with E-state index in [-0.39, 0.29) is 11.5 Å². The van der Waals surface area contributed by atoms with E-state index < -0.39 is 0 Å². The van der Waals surface area contributed by atoms with Gasteiger partial charge in [0.05, 0.1) is 19.3 Å². The van der Waals surface area contributed by atoms with Crippen LogP contribution in [0.15, 0.2) is 41.7 Å². The molecule has 1 unspecified atom stereocenters. The Morgan fingerprint density at radius 1 is 1.44 bits per heavy atom. The van der Waals surface area contributed by atoms with Gasteiger partial charge in [0.15, 0.2) is 5.96 Å². The van der Waals surface area contributed by atoms with Crippen LogP contribution >= 0.6 is 11.6 Å². The number of aliphatic imine (C=N–C) groups is 1. The molecule has 0 radical (unpaired) electrons. The summed E-state index contributed by atoms with van der Waals surface area (Å²) in [5.41, 5.74) is 2.22. The molecule has 7 heteroatoms. The highest BCUT2D eigenvalue weighted by Crippen LogP contribution is 2.25. The van der Waals surface area contributed by atoms with E-state index in [0.717, 1.165) is 36.2 Å². The SMILES string of the molecule is CN=C(NCC(C)(C)c1cccc(Cl)c1)N1CCOC(c2cnn(C)c2)C1. The van der Waals surface area contributed by atoms with E-state index in [4.69, 9.17) is 16.3 Å². The van der Waals surface area contributed by atoms with Crippen LogP contribution in [-0.2, 0) is 17.2 Å². The van der Waals surface area contributed by atoms with E-state index in [2.05, 4.69) is 40.2 Å². The number of aryl methyl sites for hydroxylation is 1. The lowest BCUT2D eigenvalue weighted by Gasteiger charge is -2.36. The zero-order chi connectivity index (χ0) is 19.4. The minimum atomic E-state index is -0.0735. The average Bonchev–Trinajstić information content (AvgIpc) is 3.09. The van der Waals surface area contributed by atoms with E-state index in [1.165, 1.54) is 5.56 Å². The maximum Gasteiger partial charge on any atom is 0.193 e. The Labute approximate surface area is 166 Å². The first kappa shape index (κ1) is 19.7. The van der Waals surface area contributed by atoms with Gasteiger partial charge in [0.1, 0.15) is 6.10 Å². The number of morpholine rings is 1. The number of benzene rings is 1. The summed E-state index contributed by atoms with van der Waals surface area (Å²) in [5.74, 6) is 0.891. The number of rotatable bonds is 4. The number of nitrogens with one attached hydrogen (secondary N) is 1. The summed E-state index contributed by atoms with van der Waals surface area (Å²) in [6.07, 6.45) is 3.88. The summed E-state index contributed by atoms with van der Waals surface area (Å²) in [4.78, 5) is 6.73. The summed E-state index contributed by atoms with van der Waals surface area (Å²) in [6, 6.07) is 8.04. The second-order valence-electron chi connectivity index (χ2n) is 7.55. The van der Waals surface area contributed by atoms with E-state index in [1.54, 1.807) is 4.68 Å². The zero-order valence-corrected chi connectivity index (χ0v) is 17.2. The number of hydrogen-bond donors (Lipinski definition) is 1. The minimum Gasteiger partial charge on any atom is -0.370 e. The van der Waals surface area contributed by atoms with Crippen LogP contribution in [0, 0.1) is 0 Å². The molecule has 1 N–H and O–H groups in total. The van der Waals surface area contributed by atoms with Gasteiger partial charge in [-0.1, -0.05) is 37.6 Å². The van der Waals surface area contributed by atoms with Crippen molar-refractivity contribution < 1.29 is 4.74 Å². The van der Waals surface area contributed by atoms with Crippen LogP contribution < -0.4 is 5.32 Å². The van der Waals surface area contributed by atoms with Crippen LogP contribution in [0.1, 0.15) is 31.1 Å². The van der Waals surface area contributed by atoms with Crippen molar-refractivity contribution in [3.63, 3.8) is 0 Å². The second-order valence-corrected chi connectivity index (χ2v) is 7.98. The summed E-state index contributed by atoms with van der Waals surface area (Å²) in [6.45, 7) is 7.40.